The van der Waals surface area contributed by atoms with Crippen LogP contribution < -0.4 is 5.73 Å². The molecule has 0 fully saturated rings. The molecule has 7 heteroatoms. The molecule has 0 amide bonds. The third kappa shape index (κ3) is 12.8. The standard InChI is InChI=1S/C5H13NO.C3H5NO4/c1-6(2)4-3-5-7;4-1(2(5)6)3(7)8/h7H,3-5H2,1-2H3;1H,4H2,(H,5,6)(H,7,8). The Bertz CT molecular complexity index is 181. The molecule has 0 aromatic carbocycles. The lowest BCUT2D eigenvalue weighted by Crippen LogP contribution is -2.38. The lowest BCUT2D eigenvalue weighted by atomic mass is 10.3. The highest BCUT2D eigenvalue weighted by molar-refractivity contribution is 5.96. The predicted octanol–water partition coefficient (Wildman–Crippen LogP) is -1.59. The summed E-state index contributed by atoms with van der Waals surface area (Å²) in [6.45, 7) is 1.29. The third-order valence-electron chi connectivity index (χ3n) is 1.30. The van der Waals surface area contributed by atoms with Gasteiger partial charge < -0.3 is 26.0 Å². The molecule has 0 spiro atoms. The van der Waals surface area contributed by atoms with E-state index in [1.165, 1.54) is 0 Å². The number of rotatable bonds is 5. The molecule has 0 unspecified atom stereocenters. The number of aliphatic hydroxyl groups is 1. The second-order valence-electron chi connectivity index (χ2n) is 3.03. The second-order valence-corrected chi connectivity index (χ2v) is 3.03. The van der Waals surface area contributed by atoms with Gasteiger partial charge in [0.2, 0.25) is 6.04 Å². The van der Waals surface area contributed by atoms with E-state index in [2.05, 4.69) is 10.6 Å². The van der Waals surface area contributed by atoms with E-state index < -0.39 is 18.0 Å². The molecule has 0 atom stereocenters. The molecule has 0 aliphatic rings. The number of hydrogen-bond donors (Lipinski definition) is 4. The van der Waals surface area contributed by atoms with Crippen molar-refractivity contribution in [2.75, 3.05) is 27.2 Å². The van der Waals surface area contributed by atoms with E-state index >= 15 is 0 Å². The van der Waals surface area contributed by atoms with Gasteiger partial charge >= 0.3 is 11.9 Å². The van der Waals surface area contributed by atoms with Crippen LogP contribution in [0.2, 0.25) is 0 Å². The Hall–Kier alpha value is -1.18. The first kappa shape index (κ1) is 16.3. The normalized spacial score (nSPS) is 9.73. The Labute approximate surface area is 88.1 Å². The van der Waals surface area contributed by atoms with Gasteiger partial charge in [0.25, 0.3) is 0 Å². The van der Waals surface area contributed by atoms with Gasteiger partial charge in [0.15, 0.2) is 0 Å². The highest BCUT2D eigenvalue weighted by Gasteiger charge is 2.18. The van der Waals surface area contributed by atoms with E-state index in [0.717, 1.165) is 13.0 Å². The summed E-state index contributed by atoms with van der Waals surface area (Å²) >= 11 is 0. The van der Waals surface area contributed by atoms with E-state index in [4.69, 9.17) is 15.3 Å². The monoisotopic (exact) mass is 222 g/mol. The van der Waals surface area contributed by atoms with E-state index in [1.54, 1.807) is 0 Å². The Kier molecular flexibility index (Phi) is 10.2. The number of aliphatic carboxylic acids is 2. The topological polar surface area (TPSA) is 124 Å². The summed E-state index contributed by atoms with van der Waals surface area (Å²) in [4.78, 5) is 21.3. The number of carbonyl (C=O) groups is 2. The van der Waals surface area contributed by atoms with Crippen molar-refractivity contribution in [3.8, 4) is 0 Å². The lowest BCUT2D eigenvalue weighted by molar-refractivity contribution is -0.149. The van der Waals surface area contributed by atoms with Gasteiger partial charge in [-0.25, -0.2) is 9.59 Å². The van der Waals surface area contributed by atoms with Crippen LogP contribution in [0.25, 0.3) is 0 Å². The van der Waals surface area contributed by atoms with Gasteiger partial charge in [0.05, 0.1) is 0 Å². The van der Waals surface area contributed by atoms with Gasteiger partial charge in [-0.05, 0) is 27.1 Å². The third-order valence-corrected chi connectivity index (χ3v) is 1.30. The Morgan fingerprint density at radius 1 is 1.27 bits per heavy atom. The molecule has 0 aliphatic heterocycles. The maximum Gasteiger partial charge on any atom is 0.332 e. The van der Waals surface area contributed by atoms with E-state index in [-0.39, 0.29) is 0 Å². The fourth-order valence-corrected chi connectivity index (χ4v) is 0.493. The maximum atomic E-state index is 9.63. The molecular formula is C8H18N2O5. The minimum atomic E-state index is -1.80. The van der Waals surface area contributed by atoms with E-state index in [0.29, 0.717) is 6.61 Å². The van der Waals surface area contributed by atoms with Crippen LogP contribution in [-0.2, 0) is 9.59 Å². The summed E-state index contributed by atoms with van der Waals surface area (Å²) in [6, 6.07) is -1.80. The molecule has 0 heterocycles. The van der Waals surface area contributed by atoms with Crippen LogP contribution in [0, 0.1) is 0 Å². The summed E-state index contributed by atoms with van der Waals surface area (Å²) in [5, 5.41) is 24.0. The number of carboxylic acid groups (broad SMARTS) is 2. The van der Waals surface area contributed by atoms with Crippen molar-refractivity contribution >= 4 is 11.9 Å². The summed E-state index contributed by atoms with van der Waals surface area (Å²) in [5.41, 5.74) is 4.56. The molecule has 90 valence electrons. The Morgan fingerprint density at radius 3 is 1.73 bits per heavy atom. The first-order chi connectivity index (χ1) is 6.82. The number of nitrogens with zero attached hydrogens (tertiary/aromatic N) is 1. The highest BCUT2D eigenvalue weighted by atomic mass is 16.4. The predicted molar refractivity (Wildman–Crippen MR) is 53.5 cm³/mol. The molecule has 0 saturated heterocycles. The molecule has 0 bridgehead atoms. The first-order valence-corrected chi connectivity index (χ1v) is 4.29. The van der Waals surface area contributed by atoms with Gasteiger partial charge in [-0.2, -0.15) is 0 Å². The second kappa shape index (κ2) is 9.38. The molecule has 0 aromatic heterocycles. The van der Waals surface area contributed by atoms with Gasteiger partial charge in [0.1, 0.15) is 0 Å². The summed E-state index contributed by atoms with van der Waals surface area (Å²) in [7, 11) is 3.99. The summed E-state index contributed by atoms with van der Waals surface area (Å²) < 4.78 is 0. The van der Waals surface area contributed by atoms with Crippen LogP contribution in [0.3, 0.4) is 0 Å². The molecule has 5 N–H and O–H groups in total. The average Bonchev–Trinajstić information content (AvgIpc) is 2.14. The minimum absolute atomic E-state index is 0.304. The molecule has 0 saturated carbocycles. The zero-order valence-electron chi connectivity index (χ0n) is 8.88. The zero-order chi connectivity index (χ0) is 12.4. The van der Waals surface area contributed by atoms with Crippen molar-refractivity contribution in [3.63, 3.8) is 0 Å². The van der Waals surface area contributed by atoms with Gasteiger partial charge in [-0.15, -0.1) is 0 Å². The van der Waals surface area contributed by atoms with Crippen molar-refractivity contribution in [2.45, 2.75) is 12.5 Å². The van der Waals surface area contributed by atoms with Crippen molar-refractivity contribution in [2.24, 2.45) is 5.73 Å². The van der Waals surface area contributed by atoms with Gasteiger partial charge in [-0.1, -0.05) is 0 Å². The largest absolute Gasteiger partial charge is 0.480 e. The summed E-state index contributed by atoms with van der Waals surface area (Å²) in [5.74, 6) is -3.06. The number of aliphatic hydroxyl groups excluding tert-OH is 1. The molecule has 0 aliphatic carbocycles. The molecule has 0 rings (SSSR count). The number of hydrogen-bond acceptors (Lipinski definition) is 5. The summed E-state index contributed by atoms with van der Waals surface area (Å²) in [6.07, 6.45) is 0.882. The Morgan fingerprint density at radius 2 is 1.67 bits per heavy atom. The minimum Gasteiger partial charge on any atom is -0.480 e. The van der Waals surface area contributed by atoms with Crippen molar-refractivity contribution in [1.29, 1.82) is 0 Å². The van der Waals surface area contributed by atoms with Crippen molar-refractivity contribution in [3.05, 3.63) is 0 Å². The van der Waals surface area contributed by atoms with Gasteiger partial charge in [-0.3, -0.25) is 0 Å². The lowest BCUT2D eigenvalue weighted by Gasteiger charge is -2.05. The molecule has 0 radical (unpaired) electrons. The van der Waals surface area contributed by atoms with Crippen LogP contribution in [-0.4, -0.2) is 65.4 Å². The smallest absolute Gasteiger partial charge is 0.332 e. The average molecular weight is 222 g/mol. The van der Waals surface area contributed by atoms with Crippen LogP contribution in [0.1, 0.15) is 6.42 Å². The molecular weight excluding hydrogens is 204 g/mol. The van der Waals surface area contributed by atoms with E-state index in [1.807, 2.05) is 14.1 Å². The molecule has 15 heavy (non-hydrogen) atoms. The fourth-order valence-electron chi connectivity index (χ4n) is 0.493. The quantitative estimate of drug-likeness (QED) is 0.413. The SMILES string of the molecule is CN(C)CCCO.NC(C(=O)O)C(=O)O. The number of nitrogens with two attached hydrogens (primary N) is 1. The zero-order valence-corrected chi connectivity index (χ0v) is 8.88. The van der Waals surface area contributed by atoms with Crippen LogP contribution >= 0.6 is 0 Å². The van der Waals surface area contributed by atoms with Crippen LogP contribution in [0.5, 0.6) is 0 Å². The van der Waals surface area contributed by atoms with Crippen LogP contribution in [0.4, 0.5) is 0 Å². The first-order valence-electron chi connectivity index (χ1n) is 4.29. The number of carboxylic acids is 2. The Balaban J connectivity index is 0. The van der Waals surface area contributed by atoms with E-state index in [9.17, 15) is 9.59 Å². The molecule has 7 nitrogen and oxygen atoms in total. The highest BCUT2D eigenvalue weighted by Crippen LogP contribution is 1.78. The van der Waals surface area contributed by atoms with Crippen LogP contribution in [0.15, 0.2) is 0 Å². The molecule has 0 aromatic rings. The maximum absolute atomic E-state index is 9.63. The van der Waals surface area contributed by atoms with Crippen molar-refractivity contribution < 1.29 is 24.9 Å². The van der Waals surface area contributed by atoms with Crippen molar-refractivity contribution in [1.82, 2.24) is 4.90 Å². The fraction of sp³-hybridized carbons (Fsp3) is 0.750. The van der Waals surface area contributed by atoms with Gasteiger partial charge in [0, 0.05) is 6.61 Å².